The predicted molar refractivity (Wildman–Crippen MR) is 65.1 cm³/mol. The van der Waals surface area contributed by atoms with Crippen LogP contribution in [0.2, 0.25) is 0 Å². The summed E-state index contributed by atoms with van der Waals surface area (Å²) >= 11 is 9.35. The van der Waals surface area contributed by atoms with Crippen LogP contribution in [0.25, 0.3) is 0 Å². The van der Waals surface area contributed by atoms with Crippen LogP contribution in [-0.4, -0.2) is 11.4 Å². The van der Waals surface area contributed by atoms with E-state index in [1.165, 1.54) is 18.4 Å². The van der Waals surface area contributed by atoms with E-state index in [0.29, 0.717) is 11.4 Å². The molecule has 2 rings (SSSR count). The number of furan rings is 1. The first-order valence-electron chi connectivity index (χ1n) is 5.34. The summed E-state index contributed by atoms with van der Waals surface area (Å²) in [5.41, 5.74) is 1.19. The molecule has 0 saturated heterocycles. The predicted octanol–water partition coefficient (Wildman–Crippen LogP) is 3.68. The maximum atomic E-state index is 6.05. The molecule has 1 aliphatic carbocycles. The van der Waals surface area contributed by atoms with E-state index >= 15 is 0 Å². The molecule has 84 valence electrons. The summed E-state index contributed by atoms with van der Waals surface area (Å²) in [7, 11) is 0. The summed E-state index contributed by atoms with van der Waals surface area (Å²) in [6.07, 6.45) is 6.42. The number of hydrogen-bond acceptors (Lipinski definition) is 2. The zero-order valence-corrected chi connectivity index (χ0v) is 10.9. The lowest BCUT2D eigenvalue weighted by Crippen LogP contribution is -2.32. The topological polar surface area (TPSA) is 25.2 Å². The van der Waals surface area contributed by atoms with Crippen LogP contribution in [0, 0.1) is 0 Å². The minimum absolute atomic E-state index is 0.395. The Hall–Kier alpha value is 0.01000. The minimum Gasteiger partial charge on any atom is -0.457 e. The summed E-state index contributed by atoms with van der Waals surface area (Å²) in [4.78, 5) is 0. The lowest BCUT2D eigenvalue weighted by molar-refractivity contribution is 0.375. The van der Waals surface area contributed by atoms with Crippen molar-refractivity contribution in [2.24, 2.45) is 0 Å². The third-order valence-corrected chi connectivity index (χ3v) is 3.73. The first-order valence-corrected chi connectivity index (χ1v) is 6.57. The Balaban J connectivity index is 1.74. The van der Waals surface area contributed by atoms with E-state index < -0.39 is 0 Å². The lowest BCUT2D eigenvalue weighted by atomic mass is 9.95. The van der Waals surface area contributed by atoms with Gasteiger partial charge >= 0.3 is 0 Å². The average Bonchev–Trinajstić information content (AvgIpc) is 2.64. The van der Waals surface area contributed by atoms with Crippen molar-refractivity contribution < 1.29 is 4.42 Å². The highest BCUT2D eigenvalue weighted by atomic mass is 79.9. The maximum absolute atomic E-state index is 6.05. The Bertz CT molecular complexity index is 307. The van der Waals surface area contributed by atoms with Gasteiger partial charge in [0.1, 0.15) is 0 Å². The number of nitrogens with one attached hydrogen (secondary N) is 1. The fourth-order valence-corrected chi connectivity index (χ4v) is 2.60. The van der Waals surface area contributed by atoms with Crippen molar-refractivity contribution in [1.82, 2.24) is 5.32 Å². The van der Waals surface area contributed by atoms with Gasteiger partial charge in [0.25, 0.3) is 0 Å². The van der Waals surface area contributed by atoms with Gasteiger partial charge in [0.2, 0.25) is 0 Å². The van der Waals surface area contributed by atoms with E-state index in [0.717, 1.165) is 24.1 Å². The largest absolute Gasteiger partial charge is 0.457 e. The van der Waals surface area contributed by atoms with Crippen LogP contribution in [0.15, 0.2) is 21.4 Å². The van der Waals surface area contributed by atoms with Gasteiger partial charge in [-0.05, 0) is 47.7 Å². The first-order chi connectivity index (χ1) is 7.24. The van der Waals surface area contributed by atoms with Gasteiger partial charge in [0, 0.05) is 23.5 Å². The van der Waals surface area contributed by atoms with E-state index in [2.05, 4.69) is 21.2 Å². The minimum atomic E-state index is 0.395. The maximum Gasteiger partial charge on any atom is 0.169 e. The van der Waals surface area contributed by atoms with E-state index in [4.69, 9.17) is 16.0 Å². The van der Waals surface area contributed by atoms with Gasteiger partial charge in [-0.1, -0.05) is 0 Å². The molecule has 0 spiro atoms. The molecule has 1 N–H and O–H groups in total. The van der Waals surface area contributed by atoms with Crippen molar-refractivity contribution in [3.05, 3.63) is 22.6 Å². The molecule has 0 radical (unpaired) electrons. The standard InChI is InChI=1S/C11H15BrClNO/c12-11-5-8(7-15-11)6-14-10-3-1-9(13)2-4-10/h5,7,9-10,14H,1-4,6H2. The monoisotopic (exact) mass is 291 g/mol. The molecule has 4 heteroatoms. The number of alkyl halides is 1. The Kier molecular flexibility index (Phi) is 4.12. The molecule has 1 aromatic heterocycles. The Morgan fingerprint density at radius 2 is 2.13 bits per heavy atom. The Labute approximate surface area is 103 Å². The average molecular weight is 293 g/mol. The molecule has 0 unspecified atom stereocenters. The molecule has 0 aliphatic heterocycles. The molecule has 0 amide bonds. The fraction of sp³-hybridized carbons (Fsp3) is 0.636. The summed E-state index contributed by atoms with van der Waals surface area (Å²) in [6.45, 7) is 0.882. The summed E-state index contributed by atoms with van der Waals surface area (Å²) < 4.78 is 5.97. The smallest absolute Gasteiger partial charge is 0.169 e. The molecule has 2 nitrogen and oxygen atoms in total. The molecule has 1 heterocycles. The highest BCUT2D eigenvalue weighted by molar-refractivity contribution is 9.10. The fourth-order valence-electron chi connectivity index (χ4n) is 1.96. The Morgan fingerprint density at radius 3 is 2.73 bits per heavy atom. The van der Waals surface area contributed by atoms with E-state index in [9.17, 15) is 0 Å². The van der Waals surface area contributed by atoms with Crippen molar-refractivity contribution in [3.63, 3.8) is 0 Å². The van der Waals surface area contributed by atoms with Gasteiger partial charge in [-0.15, -0.1) is 11.6 Å². The Morgan fingerprint density at radius 1 is 1.40 bits per heavy atom. The lowest BCUT2D eigenvalue weighted by Gasteiger charge is -2.25. The molecule has 1 fully saturated rings. The SMILES string of the molecule is ClC1CCC(NCc2coc(Br)c2)CC1. The molecule has 15 heavy (non-hydrogen) atoms. The van der Waals surface area contributed by atoms with Crippen LogP contribution in [-0.2, 0) is 6.54 Å². The molecule has 0 aromatic carbocycles. The zero-order chi connectivity index (χ0) is 10.7. The van der Waals surface area contributed by atoms with Crippen LogP contribution in [0.5, 0.6) is 0 Å². The van der Waals surface area contributed by atoms with Crippen molar-refractivity contribution in [3.8, 4) is 0 Å². The summed E-state index contributed by atoms with van der Waals surface area (Å²) in [5, 5.41) is 3.93. The molecule has 1 saturated carbocycles. The van der Waals surface area contributed by atoms with Crippen molar-refractivity contribution in [2.45, 2.75) is 43.6 Å². The van der Waals surface area contributed by atoms with E-state index in [-0.39, 0.29) is 0 Å². The third-order valence-electron chi connectivity index (χ3n) is 2.87. The van der Waals surface area contributed by atoms with E-state index in [1.807, 2.05) is 6.07 Å². The van der Waals surface area contributed by atoms with Crippen molar-refractivity contribution >= 4 is 27.5 Å². The summed E-state index contributed by atoms with van der Waals surface area (Å²) in [6, 6.07) is 2.62. The second kappa shape index (κ2) is 5.37. The second-order valence-corrected chi connectivity index (χ2v) is 5.49. The number of hydrogen-bond donors (Lipinski definition) is 1. The second-order valence-electron chi connectivity index (χ2n) is 4.09. The zero-order valence-electron chi connectivity index (χ0n) is 8.51. The van der Waals surface area contributed by atoms with Gasteiger partial charge in [-0.2, -0.15) is 0 Å². The van der Waals surface area contributed by atoms with Gasteiger partial charge in [0.05, 0.1) is 6.26 Å². The first kappa shape index (κ1) is 11.5. The summed E-state index contributed by atoms with van der Waals surface area (Å²) in [5.74, 6) is 0. The molecule has 0 bridgehead atoms. The quantitative estimate of drug-likeness (QED) is 0.860. The molecule has 1 aromatic rings. The molecular weight excluding hydrogens is 277 g/mol. The van der Waals surface area contributed by atoms with Gasteiger partial charge in [-0.3, -0.25) is 0 Å². The van der Waals surface area contributed by atoms with Crippen LogP contribution in [0.4, 0.5) is 0 Å². The highest BCUT2D eigenvalue weighted by Gasteiger charge is 2.18. The molecule has 1 aliphatic rings. The van der Waals surface area contributed by atoms with Crippen LogP contribution in [0.1, 0.15) is 31.2 Å². The van der Waals surface area contributed by atoms with Gasteiger partial charge in [0.15, 0.2) is 4.67 Å². The van der Waals surface area contributed by atoms with Crippen LogP contribution in [0.3, 0.4) is 0 Å². The molecular formula is C11H15BrClNO. The van der Waals surface area contributed by atoms with Crippen LogP contribution < -0.4 is 5.32 Å². The van der Waals surface area contributed by atoms with E-state index in [1.54, 1.807) is 6.26 Å². The van der Waals surface area contributed by atoms with Crippen molar-refractivity contribution in [1.29, 1.82) is 0 Å². The number of halogens is 2. The normalized spacial score (nSPS) is 26.8. The molecule has 0 atom stereocenters. The third kappa shape index (κ3) is 3.51. The van der Waals surface area contributed by atoms with Gasteiger partial charge < -0.3 is 9.73 Å². The van der Waals surface area contributed by atoms with Crippen molar-refractivity contribution in [2.75, 3.05) is 0 Å². The highest BCUT2D eigenvalue weighted by Crippen LogP contribution is 2.23. The van der Waals surface area contributed by atoms with Gasteiger partial charge in [-0.25, -0.2) is 0 Å². The number of rotatable bonds is 3. The van der Waals surface area contributed by atoms with Crippen LogP contribution >= 0.6 is 27.5 Å².